The molecular weight excluding hydrogens is 881 g/mol. The van der Waals surface area contributed by atoms with E-state index in [1.54, 1.807) is 0 Å². The number of benzene rings is 4. The fourth-order valence-corrected chi connectivity index (χ4v) is 9.64. The summed E-state index contributed by atoms with van der Waals surface area (Å²) in [4.78, 5) is 40.5. The van der Waals surface area contributed by atoms with Crippen LogP contribution in [0.3, 0.4) is 0 Å². The Morgan fingerprint density at radius 2 is 0.403 bits per heavy atom. The second-order valence-corrected chi connectivity index (χ2v) is 17.5. The van der Waals surface area contributed by atoms with E-state index < -0.39 is 0 Å². The average Bonchev–Trinajstić information content (AvgIpc) is 4.32. The lowest BCUT2D eigenvalue weighted by atomic mass is 9.96. The van der Waals surface area contributed by atoms with Gasteiger partial charge in [0.05, 0.1) is 68.4 Å². The molecule has 0 aliphatic carbocycles. The van der Waals surface area contributed by atoms with Crippen molar-refractivity contribution in [3.8, 4) is 45.0 Å². The Balaban J connectivity index is 1.03. The van der Waals surface area contributed by atoms with Crippen molar-refractivity contribution in [2.45, 2.75) is 0 Å². The normalized spacial score (nSPS) is 15.7. The summed E-state index contributed by atoms with van der Waals surface area (Å²) in [6.07, 6.45) is 24.1. The molecule has 0 radical (unpaired) electrons. The zero-order valence-electron chi connectivity index (χ0n) is 38.7. The maximum Gasteiger partial charge on any atom is 0.0738 e. The number of pyridine rings is 4. The van der Waals surface area contributed by atoms with E-state index in [0.29, 0.717) is 0 Å². The van der Waals surface area contributed by atoms with E-state index in [4.69, 9.17) is 20.0 Å². The standard InChI is InChI=1S/C64H40N8/c1-5-37-65-49(9-1)41-13-21-45(22-14-41)61-53-29-31-55(69-53)62(46-23-15-42(16-24-46)50-10-2-6-38-66-50)57-33-35-59(71-57)64(48-27-19-44(20-28-48)52-12-4-8-40-68-52)60-36-34-58(72-60)63(56-32-30-54(61)70-56)47-25-17-43(18-26-47)51-11-3-7-39-67-51/h1-40H. The second-order valence-electron chi connectivity index (χ2n) is 17.5. The van der Waals surface area contributed by atoms with Crippen LogP contribution in [0.15, 0.2) is 286 Å². The van der Waals surface area contributed by atoms with Crippen LogP contribution < -0.4 is 0 Å². The van der Waals surface area contributed by atoms with Crippen molar-refractivity contribution in [3.63, 3.8) is 0 Å². The maximum absolute atomic E-state index is 5.51. The first-order valence-electron chi connectivity index (χ1n) is 23.8. The Bertz CT molecular complexity index is 3330. The van der Waals surface area contributed by atoms with Gasteiger partial charge in [0.2, 0.25) is 0 Å². The molecule has 0 spiro atoms. The highest BCUT2D eigenvalue weighted by atomic mass is 14.9. The molecule has 13 rings (SSSR count). The molecule has 5 aliphatic heterocycles. The van der Waals surface area contributed by atoms with Crippen molar-refractivity contribution in [1.82, 2.24) is 19.9 Å². The molecule has 0 atom stereocenters. The van der Waals surface area contributed by atoms with Crippen LogP contribution >= 0.6 is 0 Å². The number of rotatable bonds is 8. The summed E-state index contributed by atoms with van der Waals surface area (Å²) in [5.74, 6) is 0. The first-order chi connectivity index (χ1) is 35.7. The molecule has 8 heteroatoms. The molecule has 0 unspecified atom stereocenters. The van der Waals surface area contributed by atoms with Crippen LogP contribution in [0, 0.1) is 0 Å². The van der Waals surface area contributed by atoms with Crippen molar-refractivity contribution in [1.29, 1.82) is 0 Å². The zero-order valence-corrected chi connectivity index (χ0v) is 38.7. The third-order valence-corrected chi connectivity index (χ3v) is 13.1. The minimum absolute atomic E-state index is 0.789. The summed E-state index contributed by atoms with van der Waals surface area (Å²) in [5.41, 5.74) is 21.5. The molecule has 8 aromatic rings. The highest BCUT2D eigenvalue weighted by Crippen LogP contribution is 2.40. The predicted molar refractivity (Wildman–Crippen MR) is 293 cm³/mol. The molecule has 0 amide bonds. The van der Waals surface area contributed by atoms with Crippen LogP contribution in [0.25, 0.3) is 67.3 Å². The summed E-state index contributed by atoms with van der Waals surface area (Å²) in [6, 6.07) is 57.9. The van der Waals surface area contributed by atoms with Crippen LogP contribution in [0.2, 0.25) is 0 Å². The Morgan fingerprint density at radius 1 is 0.194 bits per heavy atom. The van der Waals surface area contributed by atoms with E-state index in [2.05, 4.69) is 166 Å². The molecule has 336 valence electrons. The first-order valence-corrected chi connectivity index (χ1v) is 23.8. The fourth-order valence-electron chi connectivity index (χ4n) is 9.64. The third kappa shape index (κ3) is 7.98. The Hall–Kier alpha value is -9.92. The van der Waals surface area contributed by atoms with Crippen molar-refractivity contribution in [2.75, 3.05) is 0 Å². The molecule has 9 heterocycles. The molecule has 72 heavy (non-hydrogen) atoms. The topological polar surface area (TPSA) is 101 Å². The molecular formula is C64H40N8. The number of nitrogens with zero attached hydrogens (tertiary/aromatic N) is 8. The quantitative estimate of drug-likeness (QED) is 0.151. The SMILES string of the molecule is C1=CC2=C(c3ccc(-c4ccccn4)cc3)C3=NC(=C(c4ccc(-c5ccccn5)cc4)C4=NC(=C(c5ccc(-c6ccccn6)cc5)C5=NC(=C(c6ccc(-c7ccccn7)cc6)C1=N2)C=C5)C=C4)C=C3. The monoisotopic (exact) mass is 920 g/mol. The molecule has 0 saturated heterocycles. The van der Waals surface area contributed by atoms with Crippen molar-refractivity contribution < 1.29 is 0 Å². The van der Waals surface area contributed by atoms with E-state index in [1.807, 2.05) is 97.6 Å². The molecule has 4 aromatic heterocycles. The first kappa shape index (κ1) is 42.2. The summed E-state index contributed by atoms with van der Waals surface area (Å²) in [6.45, 7) is 0. The maximum atomic E-state index is 5.51. The van der Waals surface area contributed by atoms with Gasteiger partial charge in [-0.1, -0.05) is 121 Å². The summed E-state index contributed by atoms with van der Waals surface area (Å²) < 4.78 is 0. The van der Waals surface area contributed by atoms with E-state index >= 15 is 0 Å². The summed E-state index contributed by atoms with van der Waals surface area (Å²) in [5, 5.41) is 0. The number of aromatic nitrogens is 4. The van der Waals surface area contributed by atoms with Crippen LogP contribution in [0.5, 0.6) is 0 Å². The van der Waals surface area contributed by atoms with Crippen LogP contribution in [-0.4, -0.2) is 42.8 Å². The van der Waals surface area contributed by atoms with Crippen LogP contribution in [0.4, 0.5) is 0 Å². The van der Waals surface area contributed by atoms with Crippen molar-refractivity contribution in [3.05, 3.63) is 288 Å². The third-order valence-electron chi connectivity index (χ3n) is 13.1. The van der Waals surface area contributed by atoms with Crippen LogP contribution in [-0.2, 0) is 0 Å². The van der Waals surface area contributed by atoms with Gasteiger partial charge in [-0.2, -0.15) is 0 Å². The number of fused-ring (bicyclic) bond motifs is 4. The van der Waals surface area contributed by atoms with E-state index in [9.17, 15) is 0 Å². The average molecular weight is 921 g/mol. The molecule has 8 nitrogen and oxygen atoms in total. The number of hydrogen-bond donors (Lipinski definition) is 0. The van der Waals surface area contributed by atoms with Gasteiger partial charge in [-0.3, -0.25) is 19.9 Å². The Morgan fingerprint density at radius 3 is 0.597 bits per heavy atom. The van der Waals surface area contributed by atoms with Gasteiger partial charge in [0, 0.05) is 69.3 Å². The summed E-state index contributed by atoms with van der Waals surface area (Å²) >= 11 is 0. The summed E-state index contributed by atoms with van der Waals surface area (Å²) in [7, 11) is 0. The van der Waals surface area contributed by atoms with E-state index in [-0.39, 0.29) is 0 Å². The molecule has 8 bridgehead atoms. The van der Waals surface area contributed by atoms with Crippen molar-refractivity contribution in [2.24, 2.45) is 20.0 Å². The lowest BCUT2D eigenvalue weighted by Gasteiger charge is -2.13. The van der Waals surface area contributed by atoms with E-state index in [0.717, 1.165) is 135 Å². The number of hydrogen-bond acceptors (Lipinski definition) is 8. The van der Waals surface area contributed by atoms with Gasteiger partial charge in [0.15, 0.2) is 0 Å². The largest absolute Gasteiger partial charge is 0.256 e. The van der Waals surface area contributed by atoms with Crippen LogP contribution in [0.1, 0.15) is 22.3 Å². The molecule has 0 fully saturated rings. The molecule has 0 saturated carbocycles. The lowest BCUT2D eigenvalue weighted by molar-refractivity contribution is 1.32. The van der Waals surface area contributed by atoms with Gasteiger partial charge in [0.1, 0.15) is 0 Å². The van der Waals surface area contributed by atoms with Gasteiger partial charge >= 0.3 is 0 Å². The minimum Gasteiger partial charge on any atom is -0.256 e. The van der Waals surface area contributed by atoms with E-state index in [1.165, 1.54) is 0 Å². The lowest BCUT2D eigenvalue weighted by Crippen LogP contribution is -2.04. The second kappa shape index (κ2) is 18.2. The smallest absolute Gasteiger partial charge is 0.0738 e. The van der Waals surface area contributed by atoms with Gasteiger partial charge in [-0.05, 0) is 119 Å². The highest BCUT2D eigenvalue weighted by Gasteiger charge is 2.28. The molecule has 0 N–H and O–H groups in total. The predicted octanol–water partition coefficient (Wildman–Crippen LogP) is 13.9. The molecule has 4 aromatic carbocycles. The highest BCUT2D eigenvalue weighted by molar-refractivity contribution is 6.39. The van der Waals surface area contributed by atoms with Gasteiger partial charge < -0.3 is 0 Å². The number of aliphatic imine (C=N–C) groups is 4. The zero-order chi connectivity index (χ0) is 47.8. The van der Waals surface area contributed by atoms with Gasteiger partial charge in [0.25, 0.3) is 0 Å². The van der Waals surface area contributed by atoms with Crippen molar-refractivity contribution >= 4 is 45.1 Å². The Kier molecular flexibility index (Phi) is 10.7. The van der Waals surface area contributed by atoms with Gasteiger partial charge in [-0.15, -0.1) is 0 Å². The Labute approximate surface area is 416 Å². The minimum atomic E-state index is 0.789. The fraction of sp³-hybridized carbons (Fsp3) is 0. The van der Waals surface area contributed by atoms with Gasteiger partial charge in [-0.25, -0.2) is 20.0 Å². The number of allylic oxidation sites excluding steroid dienone is 12. The molecule has 5 aliphatic rings.